The molecule has 0 unspecified atom stereocenters. The molecule has 29 heavy (non-hydrogen) atoms. The SMILES string of the molecule is COc1ccc(CCNC(=O)c2ccn(Cn3cnc([N+](=O)[O-])n3)n2)cc1OC. The highest BCUT2D eigenvalue weighted by atomic mass is 16.6. The number of nitro groups is 1. The van der Waals surface area contributed by atoms with Crippen LogP contribution in [0.4, 0.5) is 5.95 Å². The molecule has 3 aromatic rings. The summed E-state index contributed by atoms with van der Waals surface area (Å²) in [5, 5.41) is 21.2. The Morgan fingerprint density at radius 2 is 1.97 bits per heavy atom. The van der Waals surface area contributed by atoms with Crippen molar-refractivity contribution in [1.82, 2.24) is 29.9 Å². The fraction of sp³-hybridized carbons (Fsp3) is 0.294. The summed E-state index contributed by atoms with van der Waals surface area (Å²) in [6, 6.07) is 7.12. The number of ether oxygens (including phenoxy) is 2. The number of amides is 1. The minimum absolute atomic E-state index is 0.0970. The number of carbonyl (C=O) groups excluding carboxylic acids is 1. The quantitative estimate of drug-likeness (QED) is 0.412. The number of rotatable bonds is 9. The topological polar surface area (TPSA) is 139 Å². The molecule has 0 spiro atoms. The molecule has 152 valence electrons. The summed E-state index contributed by atoms with van der Waals surface area (Å²) in [6.07, 6.45) is 3.41. The predicted octanol–water partition coefficient (Wildman–Crippen LogP) is 0.878. The normalized spacial score (nSPS) is 10.6. The molecule has 0 bridgehead atoms. The lowest BCUT2D eigenvalue weighted by atomic mass is 10.1. The molecular formula is C17H19N7O5. The first-order valence-electron chi connectivity index (χ1n) is 8.56. The van der Waals surface area contributed by atoms with Crippen molar-refractivity contribution in [3.05, 3.63) is 58.2 Å². The van der Waals surface area contributed by atoms with Gasteiger partial charge < -0.3 is 24.9 Å². The Bertz CT molecular complexity index is 1010. The second kappa shape index (κ2) is 8.82. The molecule has 2 heterocycles. The van der Waals surface area contributed by atoms with Gasteiger partial charge in [0.15, 0.2) is 18.2 Å². The number of nitrogens with one attached hydrogen (secondary N) is 1. The van der Waals surface area contributed by atoms with Crippen LogP contribution in [0.2, 0.25) is 0 Å². The van der Waals surface area contributed by atoms with Gasteiger partial charge in [0.2, 0.25) is 6.33 Å². The third kappa shape index (κ3) is 4.86. The molecular weight excluding hydrogens is 382 g/mol. The zero-order valence-electron chi connectivity index (χ0n) is 15.8. The molecule has 3 rings (SSSR count). The molecule has 1 amide bonds. The Balaban J connectivity index is 1.53. The Hall–Kier alpha value is -3.96. The van der Waals surface area contributed by atoms with E-state index in [9.17, 15) is 14.9 Å². The molecule has 1 aromatic carbocycles. The first-order chi connectivity index (χ1) is 14.0. The second-order valence-electron chi connectivity index (χ2n) is 5.92. The largest absolute Gasteiger partial charge is 0.493 e. The maximum absolute atomic E-state index is 12.3. The highest BCUT2D eigenvalue weighted by Crippen LogP contribution is 2.27. The van der Waals surface area contributed by atoms with Gasteiger partial charge in [0.1, 0.15) is 5.69 Å². The predicted molar refractivity (Wildman–Crippen MR) is 99.9 cm³/mol. The fourth-order valence-corrected chi connectivity index (χ4v) is 2.59. The van der Waals surface area contributed by atoms with Crippen LogP contribution in [0.15, 0.2) is 36.8 Å². The summed E-state index contributed by atoms with van der Waals surface area (Å²) in [7, 11) is 3.14. The number of methoxy groups -OCH3 is 2. The molecule has 0 atom stereocenters. The van der Waals surface area contributed by atoms with E-state index in [1.54, 1.807) is 26.5 Å². The van der Waals surface area contributed by atoms with E-state index < -0.39 is 10.9 Å². The monoisotopic (exact) mass is 401 g/mol. The Morgan fingerprint density at radius 1 is 1.17 bits per heavy atom. The number of benzene rings is 1. The van der Waals surface area contributed by atoms with Crippen molar-refractivity contribution in [2.24, 2.45) is 0 Å². The van der Waals surface area contributed by atoms with Crippen LogP contribution in [0.1, 0.15) is 16.1 Å². The Morgan fingerprint density at radius 3 is 2.66 bits per heavy atom. The van der Waals surface area contributed by atoms with Crippen LogP contribution in [0.5, 0.6) is 11.5 Å². The zero-order chi connectivity index (χ0) is 20.8. The number of hydrogen-bond acceptors (Lipinski definition) is 8. The van der Waals surface area contributed by atoms with E-state index in [-0.39, 0.29) is 18.3 Å². The van der Waals surface area contributed by atoms with Crippen molar-refractivity contribution < 1.29 is 19.2 Å². The van der Waals surface area contributed by atoms with E-state index in [2.05, 4.69) is 20.5 Å². The summed E-state index contributed by atoms with van der Waals surface area (Å²) >= 11 is 0. The van der Waals surface area contributed by atoms with Crippen LogP contribution in [0.3, 0.4) is 0 Å². The first-order valence-corrected chi connectivity index (χ1v) is 8.56. The zero-order valence-corrected chi connectivity index (χ0v) is 15.8. The minimum Gasteiger partial charge on any atom is -0.493 e. The molecule has 0 aliphatic rings. The van der Waals surface area contributed by atoms with Crippen molar-refractivity contribution in [2.45, 2.75) is 13.1 Å². The summed E-state index contributed by atoms with van der Waals surface area (Å²) in [6.45, 7) is 0.510. The maximum Gasteiger partial charge on any atom is 0.491 e. The van der Waals surface area contributed by atoms with Crippen molar-refractivity contribution >= 4 is 11.9 Å². The molecule has 12 nitrogen and oxygen atoms in total. The van der Waals surface area contributed by atoms with Gasteiger partial charge in [-0.2, -0.15) is 9.78 Å². The van der Waals surface area contributed by atoms with Gasteiger partial charge in [0.25, 0.3) is 5.91 Å². The second-order valence-corrected chi connectivity index (χ2v) is 5.92. The third-order valence-corrected chi connectivity index (χ3v) is 4.00. The van der Waals surface area contributed by atoms with E-state index in [1.165, 1.54) is 15.7 Å². The molecule has 0 aliphatic carbocycles. The minimum atomic E-state index is -0.684. The smallest absolute Gasteiger partial charge is 0.491 e. The number of carbonyl (C=O) groups is 1. The number of aromatic nitrogens is 5. The van der Waals surface area contributed by atoms with Gasteiger partial charge >= 0.3 is 5.95 Å². The molecule has 0 saturated carbocycles. The Labute approximate surface area is 165 Å². The summed E-state index contributed by atoms with van der Waals surface area (Å²) < 4.78 is 13.2. The van der Waals surface area contributed by atoms with Crippen molar-refractivity contribution in [3.63, 3.8) is 0 Å². The van der Waals surface area contributed by atoms with Gasteiger partial charge in [-0.15, -0.1) is 0 Å². The standard InChI is InChI=1S/C17H19N7O5/c1-28-14-4-3-12(9-15(14)29-2)5-7-18-16(25)13-6-8-22(20-13)11-23-10-19-17(21-23)24(26)27/h3-4,6,8-10H,5,7,11H2,1-2H3,(H,18,25). The van der Waals surface area contributed by atoms with Crippen molar-refractivity contribution in [2.75, 3.05) is 20.8 Å². The van der Waals surface area contributed by atoms with Crippen LogP contribution in [-0.4, -0.2) is 56.1 Å². The molecule has 0 saturated heterocycles. The van der Waals surface area contributed by atoms with Gasteiger partial charge in [-0.1, -0.05) is 11.1 Å². The maximum atomic E-state index is 12.3. The van der Waals surface area contributed by atoms with Crippen molar-refractivity contribution in [3.8, 4) is 11.5 Å². The Kier molecular flexibility index (Phi) is 6.02. The average molecular weight is 401 g/mol. The van der Waals surface area contributed by atoms with Crippen LogP contribution in [0, 0.1) is 10.1 Å². The van der Waals surface area contributed by atoms with E-state index in [0.717, 1.165) is 5.56 Å². The summed E-state index contributed by atoms with van der Waals surface area (Å²) in [5.74, 6) is 0.450. The van der Waals surface area contributed by atoms with Gasteiger partial charge in [0.05, 0.1) is 14.2 Å². The van der Waals surface area contributed by atoms with Crippen LogP contribution >= 0.6 is 0 Å². The van der Waals surface area contributed by atoms with Crippen LogP contribution in [-0.2, 0) is 13.1 Å². The average Bonchev–Trinajstić information content (AvgIpc) is 3.38. The lowest BCUT2D eigenvalue weighted by molar-refractivity contribution is -0.394. The summed E-state index contributed by atoms with van der Waals surface area (Å²) in [4.78, 5) is 25.7. The number of hydrogen-bond donors (Lipinski definition) is 1. The van der Waals surface area contributed by atoms with Gasteiger partial charge in [-0.3, -0.25) is 4.79 Å². The molecule has 2 aromatic heterocycles. The van der Waals surface area contributed by atoms with Crippen molar-refractivity contribution in [1.29, 1.82) is 0 Å². The van der Waals surface area contributed by atoms with E-state index in [1.807, 2.05) is 18.2 Å². The van der Waals surface area contributed by atoms with E-state index in [4.69, 9.17) is 9.47 Å². The van der Waals surface area contributed by atoms with Gasteiger partial charge in [-0.05, 0) is 35.1 Å². The summed E-state index contributed by atoms with van der Waals surface area (Å²) in [5.41, 5.74) is 1.22. The fourth-order valence-electron chi connectivity index (χ4n) is 2.59. The third-order valence-electron chi connectivity index (χ3n) is 4.00. The van der Waals surface area contributed by atoms with E-state index in [0.29, 0.717) is 24.5 Å². The van der Waals surface area contributed by atoms with Crippen LogP contribution < -0.4 is 14.8 Å². The van der Waals surface area contributed by atoms with Crippen LogP contribution in [0.25, 0.3) is 0 Å². The molecule has 1 N–H and O–H groups in total. The van der Waals surface area contributed by atoms with Gasteiger partial charge in [0, 0.05) is 17.8 Å². The molecule has 12 heteroatoms. The molecule has 0 aliphatic heterocycles. The first kappa shape index (κ1) is 19.8. The highest BCUT2D eigenvalue weighted by Gasteiger charge is 2.14. The lowest BCUT2D eigenvalue weighted by Crippen LogP contribution is -2.26. The highest BCUT2D eigenvalue weighted by molar-refractivity contribution is 5.92. The lowest BCUT2D eigenvalue weighted by Gasteiger charge is -2.09. The molecule has 0 radical (unpaired) electrons. The molecule has 0 fully saturated rings. The number of nitrogens with zero attached hydrogens (tertiary/aromatic N) is 6. The van der Waals surface area contributed by atoms with E-state index >= 15 is 0 Å². The van der Waals surface area contributed by atoms with Gasteiger partial charge in [-0.25, -0.2) is 4.68 Å².